The molecule has 0 spiro atoms. The Morgan fingerprint density at radius 2 is 1.54 bits per heavy atom. The van der Waals surface area contributed by atoms with Gasteiger partial charge in [0.25, 0.3) is 5.91 Å². The Bertz CT molecular complexity index is 2230. The minimum Gasteiger partial charge on any atom is -0.508 e. The van der Waals surface area contributed by atoms with Gasteiger partial charge in [0, 0.05) is 26.4 Å². The van der Waals surface area contributed by atoms with Crippen molar-refractivity contribution in [3.05, 3.63) is 65.7 Å². The molecule has 368 valence electrons. The fourth-order valence-electron chi connectivity index (χ4n) is 7.44. The Morgan fingerprint density at radius 3 is 2.15 bits per heavy atom. The molecule has 67 heavy (non-hydrogen) atoms. The molecule has 4 rings (SSSR count). The number of hydrogen-bond donors (Lipinski definition) is 10. The number of esters is 1. The second kappa shape index (κ2) is 23.9. The number of nitrogens with zero attached hydrogens (tertiary/aromatic N) is 3. The molecule has 6 unspecified atom stereocenters. The number of aromatic hydroxyl groups is 1. The number of hydrogen-bond acceptors (Lipinski definition) is 15. The minimum atomic E-state index is -5.14. The van der Waals surface area contributed by atoms with Crippen molar-refractivity contribution in [2.75, 3.05) is 20.2 Å². The molecule has 2 heterocycles. The number of nitrogens with two attached hydrogens (primary N) is 2. The third-order valence-electron chi connectivity index (χ3n) is 11.1. The summed E-state index contributed by atoms with van der Waals surface area (Å²) >= 11 is 0. The number of phenols is 1. The largest absolute Gasteiger partial charge is 0.508 e. The van der Waals surface area contributed by atoms with Crippen molar-refractivity contribution in [3.8, 4) is 5.75 Å². The van der Waals surface area contributed by atoms with Crippen LogP contribution in [-0.4, -0.2) is 160 Å². The second-order valence-electron chi connectivity index (χ2n) is 16.5. The van der Waals surface area contributed by atoms with E-state index in [0.717, 1.165) is 16.7 Å². The van der Waals surface area contributed by atoms with Gasteiger partial charge < -0.3 is 62.6 Å². The molecule has 2 aromatic carbocycles. The van der Waals surface area contributed by atoms with E-state index >= 15 is 0 Å². The van der Waals surface area contributed by atoms with E-state index in [1.54, 1.807) is 44.2 Å². The number of fused-ring (bicyclic) bond motifs is 2. The number of amides is 6. The lowest BCUT2D eigenvalue weighted by Gasteiger charge is -2.43. The topological polar surface area (TPSA) is 372 Å². The first-order valence-corrected chi connectivity index (χ1v) is 22.7. The molecule has 2 bridgehead atoms. The smallest absolute Gasteiger partial charge is 0.397 e. The molecular formula is C42H59N9O15S. The molecular weight excluding hydrogens is 903 g/mol. The van der Waals surface area contributed by atoms with Gasteiger partial charge in [-0.15, -0.1) is 0 Å². The first kappa shape index (κ1) is 53.2. The van der Waals surface area contributed by atoms with Crippen LogP contribution in [0.25, 0.3) is 0 Å². The SMILES string of the molecule is CC(C)C1NC(=O)C(Cc2ccc(O)cc2)N(C)C(=O)[C@H](Cc2ccccc2)N2C(=O)C(CCC2O)NC(=O)C(CCCN=C(N)N)NC(=O)[C@@H](NC(=O)C(O)COS(=O)(=O)O)[C@H](C)OC1=O. The van der Waals surface area contributed by atoms with Gasteiger partial charge in [0.05, 0.1) is 0 Å². The lowest BCUT2D eigenvalue weighted by molar-refractivity contribution is -0.165. The highest BCUT2D eigenvalue weighted by Gasteiger charge is 2.46. The number of guanidine groups is 1. The average Bonchev–Trinajstić information content (AvgIpc) is 3.26. The molecule has 0 aromatic heterocycles. The van der Waals surface area contributed by atoms with Gasteiger partial charge in [-0.1, -0.05) is 56.3 Å². The molecule has 2 saturated heterocycles. The van der Waals surface area contributed by atoms with Crippen LogP contribution in [0.3, 0.4) is 0 Å². The van der Waals surface area contributed by atoms with Crippen LogP contribution in [0.1, 0.15) is 57.6 Å². The van der Waals surface area contributed by atoms with Crippen molar-refractivity contribution in [3.63, 3.8) is 0 Å². The van der Waals surface area contributed by atoms with Gasteiger partial charge in [-0.05, 0) is 61.8 Å². The van der Waals surface area contributed by atoms with Crippen molar-refractivity contribution in [2.45, 2.75) is 114 Å². The predicted molar refractivity (Wildman–Crippen MR) is 236 cm³/mol. The van der Waals surface area contributed by atoms with Gasteiger partial charge in [0.2, 0.25) is 29.5 Å². The van der Waals surface area contributed by atoms with Gasteiger partial charge in [-0.2, -0.15) is 8.42 Å². The number of piperidine rings is 1. The van der Waals surface area contributed by atoms with E-state index in [1.165, 1.54) is 31.3 Å². The standard InChI is InChI=1S/C42H59N9O15S/c1-22(2)33-41(61)66-23(3)34(49-37(57)31(53)21-65-67(62,63)64)38(58)46-27(11-8-18-45-42(43)44)35(55)47-28-16-17-32(54)51(39(28)59)30(20-24-9-6-5-7-10-24)40(60)50(4)29(36(56)48-33)19-25-12-14-26(52)15-13-25/h5-7,9-10,12-15,22-23,27-34,52-54H,8,11,16-21H2,1-4H3,(H,46,58)(H,47,55)(H,48,56)(H,49,57)(H4,43,44,45)(H,62,63,64)/t23-,27?,28?,29?,30-,31?,32?,33?,34-/m0/s1. The number of benzene rings is 2. The summed E-state index contributed by atoms with van der Waals surface area (Å²) in [5.41, 5.74) is 12.0. The van der Waals surface area contributed by atoms with Crippen molar-refractivity contribution in [1.29, 1.82) is 0 Å². The number of likely N-dealkylation sites (N-methyl/N-ethyl adjacent to an activating group) is 1. The van der Waals surface area contributed by atoms with Crippen LogP contribution in [0.5, 0.6) is 5.75 Å². The number of aliphatic imine (C=N–C) groups is 1. The molecule has 2 aliphatic rings. The summed E-state index contributed by atoms with van der Waals surface area (Å²) in [6.45, 7) is 2.92. The third-order valence-corrected chi connectivity index (χ3v) is 11.5. The number of aliphatic hydroxyl groups excluding tert-OH is 2. The number of nitrogens with one attached hydrogen (secondary N) is 4. The fraction of sp³-hybridized carbons (Fsp3) is 0.524. The molecule has 2 aliphatic heterocycles. The van der Waals surface area contributed by atoms with E-state index < -0.39 is 119 Å². The fourth-order valence-corrected chi connectivity index (χ4v) is 7.74. The number of cyclic esters (lactones) is 1. The van der Waals surface area contributed by atoms with E-state index in [2.05, 4.69) is 30.4 Å². The van der Waals surface area contributed by atoms with Gasteiger partial charge in [0.15, 0.2) is 12.1 Å². The highest BCUT2D eigenvalue weighted by Crippen LogP contribution is 2.25. The Hall–Kier alpha value is -6.41. The average molecular weight is 962 g/mol. The molecule has 9 atom stereocenters. The maximum Gasteiger partial charge on any atom is 0.397 e. The summed E-state index contributed by atoms with van der Waals surface area (Å²) in [7, 11) is -3.82. The molecule has 0 aliphatic carbocycles. The summed E-state index contributed by atoms with van der Waals surface area (Å²) in [5.74, 6) is -8.40. The lowest BCUT2D eigenvalue weighted by Crippen LogP contribution is -2.65. The van der Waals surface area contributed by atoms with Crippen LogP contribution in [0.4, 0.5) is 0 Å². The van der Waals surface area contributed by atoms with Crippen LogP contribution < -0.4 is 32.7 Å². The molecule has 0 saturated carbocycles. The molecule has 2 fully saturated rings. The summed E-state index contributed by atoms with van der Waals surface area (Å²) < 4.78 is 41.0. The van der Waals surface area contributed by atoms with E-state index in [-0.39, 0.29) is 56.8 Å². The Morgan fingerprint density at radius 1 is 0.910 bits per heavy atom. The van der Waals surface area contributed by atoms with Crippen LogP contribution in [0.2, 0.25) is 0 Å². The lowest BCUT2D eigenvalue weighted by atomic mass is 9.95. The summed E-state index contributed by atoms with van der Waals surface area (Å²) in [6.07, 6.45) is -6.33. The summed E-state index contributed by atoms with van der Waals surface area (Å²) in [5, 5.41) is 41.7. The number of carbonyl (C=O) groups excluding carboxylic acids is 7. The van der Waals surface area contributed by atoms with Gasteiger partial charge >= 0.3 is 16.4 Å². The van der Waals surface area contributed by atoms with Crippen molar-refractivity contribution in [2.24, 2.45) is 22.4 Å². The van der Waals surface area contributed by atoms with Crippen LogP contribution >= 0.6 is 0 Å². The summed E-state index contributed by atoms with van der Waals surface area (Å²) in [4.78, 5) is 106. The monoisotopic (exact) mass is 961 g/mol. The van der Waals surface area contributed by atoms with Crippen molar-refractivity contribution < 1.29 is 70.8 Å². The van der Waals surface area contributed by atoms with Gasteiger partial charge in [-0.25, -0.2) is 8.98 Å². The molecule has 6 amide bonds. The molecule has 12 N–H and O–H groups in total. The first-order chi connectivity index (χ1) is 31.5. The molecule has 24 nitrogen and oxygen atoms in total. The number of aliphatic hydroxyl groups is 2. The zero-order valence-corrected chi connectivity index (χ0v) is 38.1. The first-order valence-electron chi connectivity index (χ1n) is 21.3. The van der Waals surface area contributed by atoms with Crippen LogP contribution in [0.15, 0.2) is 59.6 Å². The number of ether oxygens (including phenoxy) is 1. The quantitative estimate of drug-likeness (QED) is 0.0298. The highest BCUT2D eigenvalue weighted by molar-refractivity contribution is 7.80. The van der Waals surface area contributed by atoms with Gasteiger partial charge in [-0.3, -0.25) is 38.3 Å². The Balaban J connectivity index is 1.87. The van der Waals surface area contributed by atoms with E-state index in [0.29, 0.717) is 11.1 Å². The Kier molecular flexibility index (Phi) is 18.9. The maximum atomic E-state index is 15.0. The maximum absolute atomic E-state index is 15.0. The molecule has 0 radical (unpaired) electrons. The minimum absolute atomic E-state index is 0.0364. The number of carbonyl (C=O) groups is 7. The molecule has 2 aromatic rings. The number of rotatable bonds is 14. The number of phenolic OH excluding ortho intramolecular Hbond substituents is 1. The predicted octanol–water partition coefficient (Wildman–Crippen LogP) is -2.91. The summed E-state index contributed by atoms with van der Waals surface area (Å²) in [6, 6.07) is 4.98. The normalized spacial score (nSPS) is 25.4. The zero-order valence-electron chi connectivity index (χ0n) is 37.3. The highest BCUT2D eigenvalue weighted by atomic mass is 32.3. The van der Waals surface area contributed by atoms with E-state index in [4.69, 9.17) is 20.8 Å². The van der Waals surface area contributed by atoms with Crippen LogP contribution in [0, 0.1) is 5.92 Å². The molecule has 25 heteroatoms. The van der Waals surface area contributed by atoms with Crippen molar-refractivity contribution >= 4 is 57.8 Å². The zero-order chi connectivity index (χ0) is 49.7. The Labute approximate surface area is 386 Å². The van der Waals surface area contributed by atoms with Crippen molar-refractivity contribution in [1.82, 2.24) is 31.1 Å². The second-order valence-corrected chi connectivity index (χ2v) is 17.6. The van der Waals surface area contributed by atoms with E-state index in [9.17, 15) is 57.3 Å². The van der Waals surface area contributed by atoms with E-state index in [1.807, 2.05) is 0 Å². The van der Waals surface area contributed by atoms with Gasteiger partial charge in [0.1, 0.15) is 60.9 Å². The third kappa shape index (κ3) is 15.3. The van der Waals surface area contributed by atoms with Crippen LogP contribution in [-0.2, 0) is 65.7 Å².